The van der Waals surface area contributed by atoms with Crippen molar-refractivity contribution >= 4 is 11.6 Å². The molecule has 118 valence electrons. The number of hydrogen-bond donors (Lipinski definition) is 1. The third-order valence-electron chi connectivity index (χ3n) is 5.04. The van der Waals surface area contributed by atoms with Crippen LogP contribution in [0, 0.1) is 15.5 Å². The summed E-state index contributed by atoms with van der Waals surface area (Å²) in [6.07, 6.45) is 3.37. The molecule has 1 spiro atoms. The van der Waals surface area contributed by atoms with Crippen LogP contribution in [0.5, 0.6) is 0 Å². The standard InChI is InChI=1S/C16H21N3O3/c20-15(11-13-3-1-2-4-14(13)19(21)22)18-9-6-16(7-10-18)5-8-17-12-16/h1-4,17H,5-12H2. The first-order valence-corrected chi connectivity index (χ1v) is 7.80. The number of rotatable bonds is 3. The van der Waals surface area contributed by atoms with E-state index in [9.17, 15) is 14.9 Å². The molecule has 0 saturated carbocycles. The summed E-state index contributed by atoms with van der Waals surface area (Å²) in [6, 6.07) is 6.50. The second-order valence-corrected chi connectivity index (χ2v) is 6.37. The number of benzene rings is 1. The molecule has 2 fully saturated rings. The summed E-state index contributed by atoms with van der Waals surface area (Å²) in [5.41, 5.74) is 0.903. The quantitative estimate of drug-likeness (QED) is 0.681. The van der Waals surface area contributed by atoms with Gasteiger partial charge in [-0.15, -0.1) is 0 Å². The molecule has 2 saturated heterocycles. The van der Waals surface area contributed by atoms with Crippen molar-refractivity contribution in [3.63, 3.8) is 0 Å². The minimum Gasteiger partial charge on any atom is -0.342 e. The number of nitro benzene ring substituents is 1. The monoisotopic (exact) mass is 303 g/mol. The molecule has 0 bridgehead atoms. The van der Waals surface area contributed by atoms with Crippen LogP contribution in [-0.2, 0) is 11.2 Å². The minimum atomic E-state index is -0.419. The molecule has 2 aliphatic rings. The number of likely N-dealkylation sites (tertiary alicyclic amines) is 1. The molecular weight excluding hydrogens is 282 g/mol. The van der Waals surface area contributed by atoms with Crippen LogP contribution >= 0.6 is 0 Å². The van der Waals surface area contributed by atoms with Gasteiger partial charge in [0.15, 0.2) is 0 Å². The number of hydrogen-bond acceptors (Lipinski definition) is 4. The van der Waals surface area contributed by atoms with Crippen molar-refractivity contribution in [1.29, 1.82) is 0 Å². The Morgan fingerprint density at radius 2 is 2.00 bits per heavy atom. The van der Waals surface area contributed by atoms with Crippen LogP contribution in [0.2, 0.25) is 0 Å². The second kappa shape index (κ2) is 6.04. The Bertz CT molecular complexity index is 572. The van der Waals surface area contributed by atoms with E-state index in [-0.39, 0.29) is 18.0 Å². The third kappa shape index (κ3) is 2.97. The van der Waals surface area contributed by atoms with Gasteiger partial charge in [0.25, 0.3) is 5.69 Å². The second-order valence-electron chi connectivity index (χ2n) is 6.37. The maximum absolute atomic E-state index is 12.4. The van der Waals surface area contributed by atoms with E-state index in [0.717, 1.165) is 39.0 Å². The van der Waals surface area contributed by atoms with Gasteiger partial charge < -0.3 is 10.2 Å². The Morgan fingerprint density at radius 3 is 2.64 bits per heavy atom. The number of nitrogens with zero attached hydrogens (tertiary/aromatic N) is 2. The molecule has 1 aromatic rings. The number of piperidine rings is 1. The molecule has 1 amide bonds. The molecule has 0 aliphatic carbocycles. The zero-order valence-corrected chi connectivity index (χ0v) is 12.6. The highest BCUT2D eigenvalue weighted by atomic mass is 16.6. The van der Waals surface area contributed by atoms with Gasteiger partial charge in [-0.1, -0.05) is 18.2 Å². The number of carbonyl (C=O) groups is 1. The molecule has 22 heavy (non-hydrogen) atoms. The topological polar surface area (TPSA) is 75.5 Å². The SMILES string of the molecule is O=C(Cc1ccccc1[N+](=O)[O-])N1CCC2(CCNC2)CC1. The summed E-state index contributed by atoms with van der Waals surface area (Å²) in [5, 5.41) is 14.4. The van der Waals surface area contributed by atoms with Gasteiger partial charge >= 0.3 is 0 Å². The van der Waals surface area contributed by atoms with Crippen LogP contribution in [-0.4, -0.2) is 41.9 Å². The molecular formula is C16H21N3O3. The Labute approximate surface area is 129 Å². The summed E-state index contributed by atoms with van der Waals surface area (Å²) in [6.45, 7) is 3.66. The lowest BCUT2D eigenvalue weighted by molar-refractivity contribution is -0.385. The Morgan fingerprint density at radius 1 is 1.27 bits per heavy atom. The minimum absolute atomic E-state index is 0.00453. The fourth-order valence-corrected chi connectivity index (χ4v) is 3.57. The molecule has 2 heterocycles. The molecule has 6 nitrogen and oxygen atoms in total. The van der Waals surface area contributed by atoms with E-state index >= 15 is 0 Å². The number of carbonyl (C=O) groups excluding carboxylic acids is 1. The molecule has 3 rings (SSSR count). The smallest absolute Gasteiger partial charge is 0.273 e. The third-order valence-corrected chi connectivity index (χ3v) is 5.04. The Kier molecular flexibility index (Phi) is 4.11. The number of para-hydroxylation sites is 1. The maximum Gasteiger partial charge on any atom is 0.273 e. The first kappa shape index (κ1) is 15.0. The summed E-state index contributed by atoms with van der Waals surface area (Å²) in [4.78, 5) is 24.9. The maximum atomic E-state index is 12.4. The van der Waals surface area contributed by atoms with Crippen LogP contribution in [0.3, 0.4) is 0 Å². The average Bonchev–Trinajstić information content (AvgIpc) is 2.96. The van der Waals surface area contributed by atoms with Gasteiger partial charge in [-0.2, -0.15) is 0 Å². The molecule has 0 atom stereocenters. The van der Waals surface area contributed by atoms with Crippen molar-refractivity contribution in [1.82, 2.24) is 10.2 Å². The lowest BCUT2D eigenvalue weighted by Crippen LogP contribution is -2.44. The lowest BCUT2D eigenvalue weighted by atomic mass is 9.78. The van der Waals surface area contributed by atoms with Crippen LogP contribution in [0.4, 0.5) is 5.69 Å². The van der Waals surface area contributed by atoms with Gasteiger partial charge in [-0.25, -0.2) is 0 Å². The van der Waals surface area contributed by atoms with Crippen molar-refractivity contribution in [2.24, 2.45) is 5.41 Å². The molecule has 6 heteroatoms. The van der Waals surface area contributed by atoms with Gasteiger partial charge in [0, 0.05) is 31.3 Å². The average molecular weight is 303 g/mol. The molecule has 1 N–H and O–H groups in total. The van der Waals surface area contributed by atoms with E-state index in [2.05, 4.69) is 5.32 Å². The van der Waals surface area contributed by atoms with Crippen molar-refractivity contribution in [2.75, 3.05) is 26.2 Å². The predicted molar refractivity (Wildman–Crippen MR) is 82.5 cm³/mol. The van der Waals surface area contributed by atoms with E-state index in [1.807, 2.05) is 4.90 Å². The van der Waals surface area contributed by atoms with E-state index in [4.69, 9.17) is 0 Å². The zero-order chi connectivity index (χ0) is 15.6. The van der Waals surface area contributed by atoms with Gasteiger partial charge in [0.1, 0.15) is 0 Å². The highest BCUT2D eigenvalue weighted by molar-refractivity contribution is 5.80. The summed E-state index contributed by atoms with van der Waals surface area (Å²) in [5.74, 6) is -0.00453. The Balaban J connectivity index is 1.62. The molecule has 0 aromatic heterocycles. The van der Waals surface area contributed by atoms with Gasteiger partial charge in [0.2, 0.25) is 5.91 Å². The predicted octanol–water partition coefficient (Wildman–Crippen LogP) is 1.74. The fraction of sp³-hybridized carbons (Fsp3) is 0.562. The van der Waals surface area contributed by atoms with Crippen LogP contribution in [0.1, 0.15) is 24.8 Å². The Hall–Kier alpha value is -1.95. The van der Waals surface area contributed by atoms with Gasteiger partial charge in [0.05, 0.1) is 11.3 Å². The molecule has 1 aromatic carbocycles. The number of nitro groups is 1. The van der Waals surface area contributed by atoms with Crippen molar-refractivity contribution in [3.8, 4) is 0 Å². The molecule has 2 aliphatic heterocycles. The largest absolute Gasteiger partial charge is 0.342 e. The first-order valence-electron chi connectivity index (χ1n) is 7.80. The van der Waals surface area contributed by atoms with Gasteiger partial charge in [-0.3, -0.25) is 14.9 Å². The lowest BCUT2D eigenvalue weighted by Gasteiger charge is -2.38. The zero-order valence-electron chi connectivity index (χ0n) is 12.6. The highest BCUT2D eigenvalue weighted by Crippen LogP contribution is 2.37. The summed E-state index contributed by atoms with van der Waals surface area (Å²) in [7, 11) is 0. The van der Waals surface area contributed by atoms with Crippen molar-refractivity contribution in [3.05, 3.63) is 39.9 Å². The normalized spacial score (nSPS) is 20.3. The summed E-state index contributed by atoms with van der Waals surface area (Å²) < 4.78 is 0. The van der Waals surface area contributed by atoms with E-state index in [1.54, 1.807) is 18.2 Å². The highest BCUT2D eigenvalue weighted by Gasteiger charge is 2.38. The number of nitrogens with one attached hydrogen (secondary N) is 1. The molecule has 0 unspecified atom stereocenters. The number of amides is 1. The van der Waals surface area contributed by atoms with E-state index < -0.39 is 4.92 Å². The van der Waals surface area contributed by atoms with E-state index in [0.29, 0.717) is 11.0 Å². The van der Waals surface area contributed by atoms with Crippen molar-refractivity contribution in [2.45, 2.75) is 25.7 Å². The summed E-state index contributed by atoms with van der Waals surface area (Å²) >= 11 is 0. The van der Waals surface area contributed by atoms with E-state index in [1.165, 1.54) is 12.5 Å². The van der Waals surface area contributed by atoms with Gasteiger partial charge in [-0.05, 0) is 31.2 Å². The molecule has 0 radical (unpaired) electrons. The van der Waals surface area contributed by atoms with Crippen LogP contribution in [0.15, 0.2) is 24.3 Å². The van der Waals surface area contributed by atoms with Crippen molar-refractivity contribution < 1.29 is 9.72 Å². The van der Waals surface area contributed by atoms with Crippen LogP contribution in [0.25, 0.3) is 0 Å². The van der Waals surface area contributed by atoms with Crippen LogP contribution < -0.4 is 5.32 Å². The fourth-order valence-electron chi connectivity index (χ4n) is 3.57. The first-order chi connectivity index (χ1) is 10.6.